The molecule has 2 amide bonds. The van der Waals surface area contributed by atoms with Crippen LogP contribution >= 0.6 is 0 Å². The fourth-order valence-corrected chi connectivity index (χ4v) is 3.65. The van der Waals surface area contributed by atoms with Crippen molar-refractivity contribution < 1.29 is 14.7 Å². The zero-order valence-electron chi connectivity index (χ0n) is 14.4. The number of rotatable bonds is 4. The number of piperazine rings is 1. The van der Waals surface area contributed by atoms with Gasteiger partial charge in [-0.15, -0.1) is 0 Å². The Morgan fingerprint density at radius 2 is 1.83 bits per heavy atom. The van der Waals surface area contributed by atoms with E-state index in [0.29, 0.717) is 12.2 Å². The Labute approximate surface area is 142 Å². The highest BCUT2D eigenvalue weighted by atomic mass is 16.3. The normalized spacial score (nSPS) is 23.3. The van der Waals surface area contributed by atoms with Crippen molar-refractivity contribution >= 4 is 17.5 Å². The Morgan fingerprint density at radius 3 is 2.46 bits per heavy atom. The van der Waals surface area contributed by atoms with Gasteiger partial charge in [0.1, 0.15) is 0 Å². The molecule has 2 aliphatic heterocycles. The summed E-state index contributed by atoms with van der Waals surface area (Å²) in [5.41, 5.74) is 2.77. The molecule has 0 bridgehead atoms. The molecular formula is C18H25N3O3. The van der Waals surface area contributed by atoms with Crippen LogP contribution in [-0.4, -0.2) is 72.1 Å². The van der Waals surface area contributed by atoms with Crippen molar-refractivity contribution in [3.8, 4) is 0 Å². The molecule has 24 heavy (non-hydrogen) atoms. The average Bonchev–Trinajstić information content (AvgIpc) is 2.84. The maximum absolute atomic E-state index is 12.9. The SMILES string of the molecule is Cc1ccc(N2C(=O)C[C@@H](N3CCN(CCO)CC3)C2=O)c(C)c1. The summed E-state index contributed by atoms with van der Waals surface area (Å²) in [5, 5.41) is 9.02. The van der Waals surface area contributed by atoms with Gasteiger partial charge in [0, 0.05) is 32.7 Å². The van der Waals surface area contributed by atoms with E-state index in [1.54, 1.807) is 0 Å². The monoisotopic (exact) mass is 331 g/mol. The van der Waals surface area contributed by atoms with Crippen LogP contribution in [0.2, 0.25) is 0 Å². The number of hydrogen-bond acceptors (Lipinski definition) is 5. The quantitative estimate of drug-likeness (QED) is 0.816. The predicted octanol–water partition coefficient (Wildman–Crippen LogP) is 0.545. The second-order valence-corrected chi connectivity index (χ2v) is 6.68. The van der Waals surface area contributed by atoms with Crippen molar-refractivity contribution in [2.24, 2.45) is 0 Å². The van der Waals surface area contributed by atoms with Crippen LogP contribution in [0.3, 0.4) is 0 Å². The second-order valence-electron chi connectivity index (χ2n) is 6.68. The van der Waals surface area contributed by atoms with E-state index in [1.807, 2.05) is 32.0 Å². The Balaban J connectivity index is 1.73. The number of aliphatic hydroxyl groups excluding tert-OH is 1. The molecule has 2 saturated heterocycles. The van der Waals surface area contributed by atoms with Gasteiger partial charge in [-0.1, -0.05) is 17.7 Å². The predicted molar refractivity (Wildman–Crippen MR) is 91.9 cm³/mol. The molecule has 1 aromatic rings. The van der Waals surface area contributed by atoms with Gasteiger partial charge < -0.3 is 5.11 Å². The fraction of sp³-hybridized carbons (Fsp3) is 0.556. The summed E-state index contributed by atoms with van der Waals surface area (Å²) in [7, 11) is 0. The number of anilines is 1. The van der Waals surface area contributed by atoms with E-state index in [1.165, 1.54) is 4.90 Å². The van der Waals surface area contributed by atoms with Gasteiger partial charge >= 0.3 is 0 Å². The fourth-order valence-electron chi connectivity index (χ4n) is 3.65. The molecule has 0 spiro atoms. The van der Waals surface area contributed by atoms with Crippen LogP contribution in [0.5, 0.6) is 0 Å². The molecular weight excluding hydrogens is 306 g/mol. The molecule has 1 aromatic carbocycles. The number of nitrogens with zero attached hydrogens (tertiary/aromatic N) is 3. The highest BCUT2D eigenvalue weighted by Gasteiger charge is 2.43. The van der Waals surface area contributed by atoms with Gasteiger partial charge in [0.15, 0.2) is 0 Å². The maximum Gasteiger partial charge on any atom is 0.251 e. The highest BCUT2D eigenvalue weighted by Crippen LogP contribution is 2.29. The molecule has 2 aliphatic rings. The number of imide groups is 1. The van der Waals surface area contributed by atoms with E-state index in [9.17, 15) is 9.59 Å². The van der Waals surface area contributed by atoms with Gasteiger partial charge in [-0.2, -0.15) is 0 Å². The first-order chi connectivity index (χ1) is 11.5. The van der Waals surface area contributed by atoms with Crippen molar-refractivity contribution in [2.75, 3.05) is 44.2 Å². The third-order valence-corrected chi connectivity index (χ3v) is 4.98. The molecule has 0 aromatic heterocycles. The molecule has 1 N–H and O–H groups in total. The van der Waals surface area contributed by atoms with Crippen molar-refractivity contribution in [3.05, 3.63) is 29.3 Å². The number of aliphatic hydroxyl groups is 1. The van der Waals surface area contributed by atoms with Crippen LogP contribution in [0.25, 0.3) is 0 Å². The smallest absolute Gasteiger partial charge is 0.251 e. The van der Waals surface area contributed by atoms with Crippen LogP contribution in [0.15, 0.2) is 18.2 Å². The summed E-state index contributed by atoms with van der Waals surface area (Å²) in [6, 6.07) is 5.44. The van der Waals surface area contributed by atoms with Crippen LogP contribution in [0.1, 0.15) is 17.5 Å². The van der Waals surface area contributed by atoms with E-state index >= 15 is 0 Å². The Bertz CT molecular complexity index is 638. The van der Waals surface area contributed by atoms with E-state index < -0.39 is 0 Å². The van der Waals surface area contributed by atoms with E-state index in [2.05, 4.69) is 9.80 Å². The summed E-state index contributed by atoms with van der Waals surface area (Å²) in [6.07, 6.45) is 0.256. The molecule has 0 aliphatic carbocycles. The number of hydrogen-bond donors (Lipinski definition) is 1. The summed E-state index contributed by atoms with van der Waals surface area (Å²) in [5.74, 6) is -0.225. The number of aryl methyl sites for hydroxylation is 2. The summed E-state index contributed by atoms with van der Waals surface area (Å²) in [4.78, 5) is 31.0. The molecule has 6 heteroatoms. The molecule has 2 heterocycles. The maximum atomic E-state index is 12.9. The van der Waals surface area contributed by atoms with Crippen LogP contribution in [0.4, 0.5) is 5.69 Å². The van der Waals surface area contributed by atoms with Gasteiger partial charge in [-0.3, -0.25) is 19.4 Å². The van der Waals surface area contributed by atoms with Crippen molar-refractivity contribution in [1.29, 1.82) is 0 Å². The van der Waals surface area contributed by atoms with Gasteiger partial charge in [0.2, 0.25) is 5.91 Å². The zero-order chi connectivity index (χ0) is 17.3. The first-order valence-electron chi connectivity index (χ1n) is 8.52. The minimum absolute atomic E-state index is 0.109. The molecule has 2 fully saturated rings. The number of β-amino-alcohol motifs (C(OH)–C–C–N with tert-alkyl or cyclic N) is 1. The molecule has 130 valence electrons. The largest absolute Gasteiger partial charge is 0.395 e. The molecule has 0 unspecified atom stereocenters. The first-order valence-corrected chi connectivity index (χ1v) is 8.52. The lowest BCUT2D eigenvalue weighted by molar-refractivity contribution is -0.123. The van der Waals surface area contributed by atoms with Gasteiger partial charge in [0.05, 0.1) is 24.8 Å². The number of amides is 2. The van der Waals surface area contributed by atoms with Crippen LogP contribution < -0.4 is 4.90 Å². The first kappa shape index (κ1) is 17.1. The number of carbonyl (C=O) groups is 2. The van der Waals surface area contributed by atoms with Crippen LogP contribution in [0, 0.1) is 13.8 Å². The molecule has 6 nitrogen and oxygen atoms in total. The lowest BCUT2D eigenvalue weighted by Crippen LogP contribution is -2.53. The third-order valence-electron chi connectivity index (χ3n) is 4.98. The Kier molecular flexibility index (Phi) is 4.99. The van der Waals surface area contributed by atoms with Gasteiger partial charge in [-0.25, -0.2) is 4.90 Å². The summed E-state index contributed by atoms with van der Waals surface area (Å²) >= 11 is 0. The van der Waals surface area contributed by atoms with Gasteiger partial charge in [0.25, 0.3) is 5.91 Å². The molecule has 0 saturated carbocycles. The Morgan fingerprint density at radius 1 is 1.12 bits per heavy atom. The Hall–Kier alpha value is -1.76. The lowest BCUT2D eigenvalue weighted by atomic mass is 10.1. The van der Waals surface area contributed by atoms with Crippen molar-refractivity contribution in [3.63, 3.8) is 0 Å². The second kappa shape index (κ2) is 7.01. The third kappa shape index (κ3) is 3.22. The van der Waals surface area contributed by atoms with Crippen molar-refractivity contribution in [1.82, 2.24) is 9.80 Å². The van der Waals surface area contributed by atoms with Gasteiger partial charge in [-0.05, 0) is 25.5 Å². The minimum Gasteiger partial charge on any atom is -0.395 e. The summed E-state index contributed by atoms with van der Waals surface area (Å²) < 4.78 is 0. The zero-order valence-corrected chi connectivity index (χ0v) is 14.4. The van der Waals surface area contributed by atoms with E-state index in [0.717, 1.165) is 37.3 Å². The lowest BCUT2D eigenvalue weighted by Gasteiger charge is -2.36. The molecule has 1 atom stereocenters. The number of carbonyl (C=O) groups excluding carboxylic acids is 2. The average molecular weight is 331 g/mol. The molecule has 3 rings (SSSR count). The van der Waals surface area contributed by atoms with E-state index in [4.69, 9.17) is 5.11 Å². The van der Waals surface area contributed by atoms with Crippen LogP contribution in [-0.2, 0) is 9.59 Å². The highest BCUT2D eigenvalue weighted by molar-refractivity contribution is 6.22. The molecule has 0 radical (unpaired) electrons. The van der Waals surface area contributed by atoms with Crippen molar-refractivity contribution in [2.45, 2.75) is 26.3 Å². The standard InChI is InChI=1S/C18H25N3O3/c1-13-3-4-15(14(2)11-13)21-17(23)12-16(18(21)24)20-7-5-19(6-8-20)9-10-22/h3-4,11,16,22H,5-10,12H2,1-2H3/t16-/m1/s1. The minimum atomic E-state index is -0.352. The van der Waals surface area contributed by atoms with E-state index in [-0.39, 0.29) is 30.9 Å². The topological polar surface area (TPSA) is 64.1 Å². The number of benzene rings is 1. The summed E-state index contributed by atoms with van der Waals surface area (Å²) in [6.45, 7) is 7.91.